The van der Waals surface area contributed by atoms with E-state index in [2.05, 4.69) is 16.0 Å². The van der Waals surface area contributed by atoms with Crippen LogP contribution in [0.15, 0.2) is 30.3 Å². The normalized spacial score (nSPS) is 15.4. The second-order valence-corrected chi connectivity index (χ2v) is 5.44. The molecule has 2 rings (SSSR count). The lowest BCUT2D eigenvalue weighted by Gasteiger charge is -2.21. The predicted octanol–water partition coefficient (Wildman–Crippen LogP) is 0.809. The van der Waals surface area contributed by atoms with Crippen molar-refractivity contribution in [1.29, 1.82) is 0 Å². The fourth-order valence-corrected chi connectivity index (χ4v) is 2.46. The minimum absolute atomic E-state index is 0.0308. The molecule has 3 N–H and O–H groups in total. The van der Waals surface area contributed by atoms with E-state index in [0.29, 0.717) is 18.9 Å². The van der Waals surface area contributed by atoms with E-state index in [1.807, 2.05) is 30.3 Å². The average molecular weight is 289 g/mol. The van der Waals surface area contributed by atoms with E-state index in [9.17, 15) is 9.59 Å². The zero-order chi connectivity index (χ0) is 14.9. The maximum absolute atomic E-state index is 11.8. The minimum atomic E-state index is -0.155. The highest BCUT2D eigenvalue weighted by molar-refractivity contribution is 5.84. The molecule has 0 radical (unpaired) electrons. The first-order chi connectivity index (χ1) is 10.2. The van der Waals surface area contributed by atoms with Crippen molar-refractivity contribution in [2.24, 2.45) is 5.92 Å². The molecular formula is C16H23N3O2. The summed E-state index contributed by atoms with van der Waals surface area (Å²) in [6, 6.07) is 9.71. The minimum Gasteiger partial charge on any atom is -0.350 e. The van der Waals surface area contributed by atoms with Gasteiger partial charge in [-0.3, -0.25) is 9.59 Å². The van der Waals surface area contributed by atoms with Gasteiger partial charge in [-0.1, -0.05) is 30.3 Å². The third kappa shape index (κ3) is 5.95. The quantitative estimate of drug-likeness (QED) is 0.726. The Balaban J connectivity index is 1.60. The van der Waals surface area contributed by atoms with E-state index in [4.69, 9.17) is 0 Å². The van der Waals surface area contributed by atoms with Crippen LogP contribution in [0.3, 0.4) is 0 Å². The van der Waals surface area contributed by atoms with Crippen molar-refractivity contribution in [3.63, 3.8) is 0 Å². The van der Waals surface area contributed by atoms with Crippen LogP contribution in [0, 0.1) is 5.92 Å². The van der Waals surface area contributed by atoms with Gasteiger partial charge in [-0.15, -0.1) is 0 Å². The molecule has 0 saturated carbocycles. The van der Waals surface area contributed by atoms with Gasteiger partial charge in [0.1, 0.15) is 0 Å². The molecule has 1 aliphatic rings. The highest BCUT2D eigenvalue weighted by Gasteiger charge is 2.16. The Hall–Kier alpha value is -1.88. The van der Waals surface area contributed by atoms with Gasteiger partial charge in [-0.25, -0.2) is 0 Å². The fourth-order valence-electron chi connectivity index (χ4n) is 2.46. The zero-order valence-corrected chi connectivity index (χ0v) is 12.2. The first-order valence-corrected chi connectivity index (χ1v) is 7.52. The third-order valence-electron chi connectivity index (χ3n) is 3.71. The Kier molecular flexibility index (Phi) is 6.22. The monoisotopic (exact) mass is 289 g/mol. The highest BCUT2D eigenvalue weighted by atomic mass is 16.2. The van der Waals surface area contributed by atoms with Crippen molar-refractivity contribution < 1.29 is 9.59 Å². The lowest BCUT2D eigenvalue weighted by atomic mass is 9.94. The van der Waals surface area contributed by atoms with Crippen molar-refractivity contribution in [2.45, 2.75) is 25.8 Å². The fraction of sp³-hybridized carbons (Fsp3) is 0.500. The van der Waals surface area contributed by atoms with Gasteiger partial charge in [-0.2, -0.15) is 0 Å². The Labute approximate surface area is 125 Å². The SMILES string of the molecule is O=C(CNC(=O)CC1CCNCC1)NCc1ccccc1. The number of rotatable bonds is 6. The van der Waals surface area contributed by atoms with E-state index in [1.165, 1.54) is 0 Å². The van der Waals surface area contributed by atoms with E-state index in [1.54, 1.807) is 0 Å². The molecule has 0 unspecified atom stereocenters. The molecule has 1 aromatic carbocycles. The lowest BCUT2D eigenvalue weighted by Crippen LogP contribution is -2.38. The second-order valence-electron chi connectivity index (χ2n) is 5.44. The van der Waals surface area contributed by atoms with E-state index in [0.717, 1.165) is 31.5 Å². The molecule has 0 bridgehead atoms. The van der Waals surface area contributed by atoms with Crippen molar-refractivity contribution in [3.8, 4) is 0 Å². The van der Waals surface area contributed by atoms with E-state index >= 15 is 0 Å². The van der Waals surface area contributed by atoms with Gasteiger partial charge < -0.3 is 16.0 Å². The summed E-state index contributed by atoms with van der Waals surface area (Å²) in [5, 5.41) is 8.76. The molecule has 1 fully saturated rings. The van der Waals surface area contributed by atoms with E-state index < -0.39 is 0 Å². The molecule has 0 aromatic heterocycles. The number of hydrogen-bond acceptors (Lipinski definition) is 3. The first-order valence-electron chi connectivity index (χ1n) is 7.52. The number of carbonyl (C=O) groups excluding carboxylic acids is 2. The summed E-state index contributed by atoms with van der Waals surface area (Å²) in [6.07, 6.45) is 2.59. The van der Waals surface area contributed by atoms with Crippen molar-refractivity contribution in [1.82, 2.24) is 16.0 Å². The summed E-state index contributed by atoms with van der Waals surface area (Å²) in [4.78, 5) is 23.5. The van der Waals surface area contributed by atoms with Gasteiger partial charge in [0.05, 0.1) is 6.54 Å². The van der Waals surface area contributed by atoms with Crippen LogP contribution in [0.4, 0.5) is 0 Å². The Morgan fingerprint density at radius 1 is 1.05 bits per heavy atom. The van der Waals surface area contributed by atoms with E-state index in [-0.39, 0.29) is 18.4 Å². The zero-order valence-electron chi connectivity index (χ0n) is 12.2. The predicted molar refractivity (Wildman–Crippen MR) is 81.5 cm³/mol. The molecule has 1 heterocycles. The molecule has 1 aromatic rings. The van der Waals surface area contributed by atoms with Crippen LogP contribution < -0.4 is 16.0 Å². The molecule has 21 heavy (non-hydrogen) atoms. The Morgan fingerprint density at radius 3 is 2.48 bits per heavy atom. The Morgan fingerprint density at radius 2 is 1.76 bits per heavy atom. The van der Waals surface area contributed by atoms with Crippen molar-refractivity contribution in [3.05, 3.63) is 35.9 Å². The van der Waals surface area contributed by atoms with Gasteiger partial charge in [-0.05, 0) is 37.4 Å². The Bertz CT molecular complexity index is 456. The number of hydrogen-bond donors (Lipinski definition) is 3. The summed E-state index contributed by atoms with van der Waals surface area (Å²) in [5.74, 6) is 0.257. The van der Waals surface area contributed by atoms with Gasteiger partial charge in [0.2, 0.25) is 11.8 Å². The second kappa shape index (κ2) is 8.42. The highest BCUT2D eigenvalue weighted by Crippen LogP contribution is 2.15. The van der Waals surface area contributed by atoms with Gasteiger partial charge >= 0.3 is 0 Å². The topological polar surface area (TPSA) is 70.2 Å². The van der Waals surface area contributed by atoms with Gasteiger partial charge in [0.15, 0.2) is 0 Å². The number of carbonyl (C=O) groups is 2. The molecule has 0 spiro atoms. The molecule has 114 valence electrons. The summed E-state index contributed by atoms with van der Waals surface area (Å²) in [5.41, 5.74) is 1.05. The maximum atomic E-state index is 11.8. The number of nitrogens with one attached hydrogen (secondary N) is 3. The molecule has 1 saturated heterocycles. The summed E-state index contributed by atoms with van der Waals surface area (Å²) >= 11 is 0. The van der Waals surface area contributed by atoms with Crippen LogP contribution >= 0.6 is 0 Å². The van der Waals surface area contributed by atoms with Crippen LogP contribution in [0.1, 0.15) is 24.8 Å². The first kappa shape index (κ1) is 15.5. The molecule has 0 atom stereocenters. The van der Waals surface area contributed by atoms with Crippen molar-refractivity contribution in [2.75, 3.05) is 19.6 Å². The molecule has 2 amide bonds. The van der Waals surface area contributed by atoms with Gasteiger partial charge in [0.25, 0.3) is 0 Å². The smallest absolute Gasteiger partial charge is 0.239 e. The van der Waals surface area contributed by atoms with Crippen molar-refractivity contribution >= 4 is 11.8 Å². The number of amides is 2. The van der Waals surface area contributed by atoms with Crippen LogP contribution in [0.25, 0.3) is 0 Å². The molecular weight excluding hydrogens is 266 g/mol. The summed E-state index contributed by atoms with van der Waals surface area (Å²) in [7, 11) is 0. The molecule has 5 heteroatoms. The molecule has 0 aliphatic carbocycles. The maximum Gasteiger partial charge on any atom is 0.239 e. The average Bonchev–Trinajstić information content (AvgIpc) is 2.53. The summed E-state index contributed by atoms with van der Waals surface area (Å²) in [6.45, 7) is 2.51. The van der Waals surface area contributed by atoms with Crippen LogP contribution in [-0.2, 0) is 16.1 Å². The lowest BCUT2D eigenvalue weighted by molar-refractivity contribution is -0.126. The van der Waals surface area contributed by atoms with Gasteiger partial charge in [0, 0.05) is 13.0 Å². The van der Waals surface area contributed by atoms with Crippen LogP contribution in [0.5, 0.6) is 0 Å². The molecule has 5 nitrogen and oxygen atoms in total. The number of piperidine rings is 1. The van der Waals surface area contributed by atoms with Crippen LogP contribution in [-0.4, -0.2) is 31.4 Å². The third-order valence-corrected chi connectivity index (χ3v) is 3.71. The standard InChI is InChI=1S/C16H23N3O2/c20-15(10-13-6-8-17-9-7-13)19-12-16(21)18-11-14-4-2-1-3-5-14/h1-5,13,17H,6-12H2,(H,18,21)(H,19,20). The number of benzene rings is 1. The largest absolute Gasteiger partial charge is 0.350 e. The molecule has 1 aliphatic heterocycles. The van der Waals surface area contributed by atoms with Crippen LogP contribution in [0.2, 0.25) is 0 Å². The summed E-state index contributed by atoms with van der Waals surface area (Å²) < 4.78 is 0.